The van der Waals surface area contributed by atoms with E-state index in [4.69, 9.17) is 11.6 Å². The van der Waals surface area contributed by atoms with Gasteiger partial charge < -0.3 is 10.4 Å². The molecule has 0 spiro atoms. The molecule has 17 heavy (non-hydrogen) atoms. The van der Waals surface area contributed by atoms with E-state index < -0.39 is 29.7 Å². The number of halogens is 4. The zero-order valence-corrected chi connectivity index (χ0v) is 9.84. The van der Waals surface area contributed by atoms with E-state index in [9.17, 15) is 18.3 Å². The Bertz CT molecular complexity index is 398. The van der Waals surface area contributed by atoms with Crippen LogP contribution in [0, 0.1) is 0 Å². The van der Waals surface area contributed by atoms with Crippen LogP contribution >= 0.6 is 11.6 Å². The normalized spacial score (nSPS) is 15.5. The average molecular weight is 270 g/mol. The molecule has 0 bridgehead atoms. The highest BCUT2D eigenvalue weighted by molar-refractivity contribution is 6.28. The van der Waals surface area contributed by atoms with Crippen LogP contribution in [0.2, 0.25) is 5.28 Å². The first-order valence-electron chi connectivity index (χ1n) is 4.76. The van der Waals surface area contributed by atoms with Gasteiger partial charge in [-0.2, -0.15) is 13.2 Å². The Labute approximate surface area is 101 Å². The summed E-state index contributed by atoms with van der Waals surface area (Å²) in [7, 11) is 0. The van der Waals surface area contributed by atoms with Crippen molar-refractivity contribution in [1.82, 2.24) is 9.97 Å². The number of hydrogen-bond donors (Lipinski definition) is 2. The Morgan fingerprint density at radius 3 is 2.47 bits per heavy atom. The fourth-order valence-electron chi connectivity index (χ4n) is 1.01. The Balaban J connectivity index is 3.08. The molecule has 1 aromatic rings. The van der Waals surface area contributed by atoms with Gasteiger partial charge in [-0.15, -0.1) is 0 Å². The molecule has 1 aromatic heterocycles. The largest absolute Gasteiger partial charge is 0.421 e. The fourth-order valence-corrected chi connectivity index (χ4v) is 1.15. The van der Waals surface area contributed by atoms with Crippen LogP contribution in [0.25, 0.3) is 0 Å². The van der Waals surface area contributed by atoms with Crippen molar-refractivity contribution in [3.8, 4) is 0 Å². The van der Waals surface area contributed by atoms with Crippen molar-refractivity contribution in [1.29, 1.82) is 0 Å². The van der Waals surface area contributed by atoms with Crippen molar-refractivity contribution >= 4 is 17.4 Å². The number of nitrogens with one attached hydrogen (secondary N) is 1. The van der Waals surface area contributed by atoms with Gasteiger partial charge in [-0.25, -0.2) is 9.97 Å². The maximum atomic E-state index is 12.6. The van der Waals surface area contributed by atoms with Crippen molar-refractivity contribution in [2.75, 3.05) is 5.32 Å². The minimum atomic E-state index is -4.58. The standard InChI is InChI=1S/C9H11ClF3N3O/c1-4(5(2)17)15-7-6(9(11,12)13)3-14-8(10)16-7/h3-5,17H,1-2H3,(H,14,15,16)/t4-,5-/m1/s1. The summed E-state index contributed by atoms with van der Waals surface area (Å²) >= 11 is 5.44. The maximum absolute atomic E-state index is 12.6. The molecule has 2 atom stereocenters. The minimum absolute atomic E-state index is 0.293. The van der Waals surface area contributed by atoms with Gasteiger partial charge in [0.05, 0.1) is 12.1 Å². The number of aromatic nitrogens is 2. The molecule has 8 heteroatoms. The second-order valence-electron chi connectivity index (χ2n) is 3.57. The number of hydrogen-bond acceptors (Lipinski definition) is 4. The number of rotatable bonds is 3. The van der Waals surface area contributed by atoms with Crippen LogP contribution in [-0.4, -0.2) is 27.2 Å². The summed E-state index contributed by atoms with van der Waals surface area (Å²) in [5.41, 5.74) is -1.02. The molecule has 0 aliphatic heterocycles. The second-order valence-corrected chi connectivity index (χ2v) is 3.91. The van der Waals surface area contributed by atoms with Gasteiger partial charge in [-0.3, -0.25) is 0 Å². The Morgan fingerprint density at radius 1 is 1.41 bits per heavy atom. The number of nitrogens with zero attached hydrogens (tertiary/aromatic N) is 2. The Morgan fingerprint density at radius 2 is 2.00 bits per heavy atom. The van der Waals surface area contributed by atoms with Crippen LogP contribution in [0.4, 0.5) is 19.0 Å². The molecular weight excluding hydrogens is 259 g/mol. The number of alkyl halides is 3. The molecule has 2 N–H and O–H groups in total. The molecule has 0 amide bonds. The van der Waals surface area contributed by atoms with E-state index in [0.717, 1.165) is 0 Å². The first-order chi connectivity index (χ1) is 7.71. The zero-order valence-electron chi connectivity index (χ0n) is 9.09. The van der Waals surface area contributed by atoms with E-state index in [0.29, 0.717) is 6.20 Å². The molecule has 1 heterocycles. The minimum Gasteiger partial charge on any atom is -0.391 e. The van der Waals surface area contributed by atoms with Gasteiger partial charge in [0, 0.05) is 6.20 Å². The van der Waals surface area contributed by atoms with Crippen LogP contribution in [0.3, 0.4) is 0 Å². The molecule has 0 saturated heterocycles. The lowest BCUT2D eigenvalue weighted by Crippen LogP contribution is -2.29. The number of anilines is 1. The molecule has 0 fully saturated rings. The molecule has 1 rings (SSSR count). The molecule has 0 saturated carbocycles. The smallest absolute Gasteiger partial charge is 0.391 e. The van der Waals surface area contributed by atoms with Crippen LogP contribution in [-0.2, 0) is 6.18 Å². The van der Waals surface area contributed by atoms with Crippen molar-refractivity contribution in [2.24, 2.45) is 0 Å². The van der Waals surface area contributed by atoms with E-state index in [2.05, 4.69) is 15.3 Å². The second kappa shape index (κ2) is 5.05. The first-order valence-corrected chi connectivity index (χ1v) is 5.14. The maximum Gasteiger partial charge on any atom is 0.421 e. The fraction of sp³-hybridized carbons (Fsp3) is 0.556. The molecule has 0 unspecified atom stereocenters. The van der Waals surface area contributed by atoms with Crippen LogP contribution in [0.1, 0.15) is 19.4 Å². The molecule has 0 aliphatic rings. The summed E-state index contributed by atoms with van der Waals surface area (Å²) in [4.78, 5) is 6.76. The topological polar surface area (TPSA) is 58.0 Å². The quantitative estimate of drug-likeness (QED) is 0.827. The third-order valence-electron chi connectivity index (χ3n) is 2.15. The monoisotopic (exact) mass is 269 g/mol. The number of aliphatic hydroxyl groups is 1. The van der Waals surface area contributed by atoms with Gasteiger partial charge in [-0.05, 0) is 25.4 Å². The summed E-state index contributed by atoms with van der Waals surface area (Å²) in [6.45, 7) is 2.98. The van der Waals surface area contributed by atoms with Crippen LogP contribution in [0.15, 0.2) is 6.20 Å². The SMILES string of the molecule is C[C@@H](O)[C@@H](C)Nc1nc(Cl)ncc1C(F)(F)F. The van der Waals surface area contributed by atoms with Gasteiger partial charge in [0.25, 0.3) is 0 Å². The molecule has 0 radical (unpaired) electrons. The van der Waals surface area contributed by atoms with Gasteiger partial charge >= 0.3 is 6.18 Å². The lowest BCUT2D eigenvalue weighted by Gasteiger charge is -2.19. The lowest BCUT2D eigenvalue weighted by atomic mass is 10.2. The highest BCUT2D eigenvalue weighted by Crippen LogP contribution is 2.34. The summed E-state index contributed by atoms with van der Waals surface area (Å²) in [5.74, 6) is -0.439. The highest BCUT2D eigenvalue weighted by atomic mass is 35.5. The van der Waals surface area contributed by atoms with Crippen molar-refractivity contribution < 1.29 is 18.3 Å². The summed E-state index contributed by atoms with van der Waals surface area (Å²) in [5, 5.41) is 11.4. The third kappa shape index (κ3) is 3.71. The summed E-state index contributed by atoms with van der Waals surface area (Å²) < 4.78 is 37.8. The van der Waals surface area contributed by atoms with Crippen molar-refractivity contribution in [3.05, 3.63) is 17.0 Å². The average Bonchev–Trinajstić information content (AvgIpc) is 2.15. The van der Waals surface area contributed by atoms with E-state index in [1.54, 1.807) is 0 Å². The Kier molecular flexibility index (Phi) is 4.16. The van der Waals surface area contributed by atoms with Crippen LogP contribution < -0.4 is 5.32 Å². The van der Waals surface area contributed by atoms with Crippen molar-refractivity contribution in [2.45, 2.75) is 32.2 Å². The van der Waals surface area contributed by atoms with E-state index in [-0.39, 0.29) is 5.28 Å². The van der Waals surface area contributed by atoms with Gasteiger partial charge in [0.2, 0.25) is 5.28 Å². The molecular formula is C9H11ClF3N3O. The number of aliphatic hydroxyl groups excluding tert-OH is 1. The summed E-state index contributed by atoms with van der Waals surface area (Å²) in [6.07, 6.45) is -4.80. The Hall–Kier alpha value is -1.08. The molecule has 0 aromatic carbocycles. The predicted molar refractivity (Wildman–Crippen MR) is 56.8 cm³/mol. The molecule has 96 valence electrons. The van der Waals surface area contributed by atoms with E-state index in [1.165, 1.54) is 13.8 Å². The van der Waals surface area contributed by atoms with E-state index in [1.807, 2.05) is 0 Å². The van der Waals surface area contributed by atoms with E-state index >= 15 is 0 Å². The molecule has 0 aliphatic carbocycles. The molecule has 4 nitrogen and oxygen atoms in total. The van der Waals surface area contributed by atoms with Crippen LogP contribution in [0.5, 0.6) is 0 Å². The predicted octanol–water partition coefficient (Wildman–Crippen LogP) is 2.33. The third-order valence-corrected chi connectivity index (χ3v) is 2.33. The van der Waals surface area contributed by atoms with Gasteiger partial charge in [0.1, 0.15) is 11.4 Å². The highest BCUT2D eigenvalue weighted by Gasteiger charge is 2.35. The zero-order chi connectivity index (χ0) is 13.2. The summed E-state index contributed by atoms with van der Waals surface area (Å²) in [6, 6.07) is -0.595. The van der Waals surface area contributed by atoms with Gasteiger partial charge in [0.15, 0.2) is 0 Å². The first kappa shape index (κ1) is 14.0. The lowest BCUT2D eigenvalue weighted by molar-refractivity contribution is -0.137. The van der Waals surface area contributed by atoms with Crippen molar-refractivity contribution in [3.63, 3.8) is 0 Å². The van der Waals surface area contributed by atoms with Gasteiger partial charge in [-0.1, -0.05) is 0 Å².